The van der Waals surface area contributed by atoms with Crippen LogP contribution >= 0.6 is 23.2 Å². The summed E-state index contributed by atoms with van der Waals surface area (Å²) in [6.45, 7) is -1.05. The second-order valence-corrected chi connectivity index (χ2v) is 8.26. The lowest BCUT2D eigenvalue weighted by atomic mass is 10.0. The Morgan fingerprint density at radius 1 is 0.972 bits per heavy atom. The smallest absolute Gasteiger partial charge is 0.390 e. The van der Waals surface area contributed by atoms with E-state index in [4.69, 9.17) is 27.7 Å². The molecule has 189 valence electrons. The van der Waals surface area contributed by atoms with Gasteiger partial charge in [0.15, 0.2) is 10.9 Å². The van der Waals surface area contributed by atoms with Crippen LogP contribution < -0.4 is 0 Å². The number of benzene rings is 2. The van der Waals surface area contributed by atoms with Crippen molar-refractivity contribution in [2.75, 3.05) is 0 Å². The van der Waals surface area contributed by atoms with Crippen LogP contribution in [0.2, 0.25) is 10.2 Å². The molecule has 0 atom stereocenters. The Morgan fingerprint density at radius 2 is 1.61 bits per heavy atom. The van der Waals surface area contributed by atoms with Gasteiger partial charge in [-0.2, -0.15) is 26.3 Å². The molecule has 0 aliphatic rings. The van der Waals surface area contributed by atoms with E-state index in [1.165, 1.54) is 6.42 Å². The normalized spacial score (nSPS) is 12.4. The molecule has 0 spiro atoms. The fourth-order valence-electron chi connectivity index (χ4n) is 3.36. The molecule has 14 heteroatoms. The Morgan fingerprint density at radius 3 is 2.19 bits per heavy atom. The molecule has 0 unspecified atom stereocenters. The fraction of sp³-hybridized carbons (Fsp3) is 0.182. The number of alkyl halides is 6. The summed E-state index contributed by atoms with van der Waals surface area (Å²) >= 11 is 12.5. The zero-order chi connectivity index (χ0) is 26.3. The first-order valence-electron chi connectivity index (χ1n) is 9.95. The third-order valence-electron chi connectivity index (χ3n) is 5.03. The Bertz CT molecular complexity index is 1370. The summed E-state index contributed by atoms with van der Waals surface area (Å²) in [5.74, 6) is 0.183. The number of halogens is 8. The second-order valence-electron chi connectivity index (χ2n) is 7.49. The third-order valence-corrected chi connectivity index (χ3v) is 5.75. The summed E-state index contributed by atoms with van der Waals surface area (Å²) in [4.78, 5) is 0. The molecular formula is C22H13Cl2F6N4O2. The molecule has 0 saturated carbocycles. The highest BCUT2D eigenvalue weighted by atomic mass is 35.5. The number of hydrogen-bond donors (Lipinski definition) is 1. The summed E-state index contributed by atoms with van der Waals surface area (Å²) in [6.07, 6.45) is -8.63. The minimum Gasteiger partial charge on any atom is -0.390 e. The Hall–Kier alpha value is -3.09. The Labute approximate surface area is 209 Å². The van der Waals surface area contributed by atoms with Gasteiger partial charge in [-0.25, -0.2) is 4.68 Å². The maximum absolute atomic E-state index is 13.2. The average Bonchev–Trinajstić information content (AvgIpc) is 3.36. The van der Waals surface area contributed by atoms with Crippen LogP contribution in [-0.2, 0) is 25.5 Å². The molecule has 0 fully saturated rings. The Kier molecular flexibility index (Phi) is 7.04. The largest absolute Gasteiger partial charge is 0.416 e. The highest BCUT2D eigenvalue weighted by Gasteiger charge is 2.37. The summed E-state index contributed by atoms with van der Waals surface area (Å²) in [6, 6.07) is 7.83. The minimum absolute atomic E-state index is 0.00545. The van der Waals surface area contributed by atoms with Crippen molar-refractivity contribution >= 4 is 23.2 Å². The minimum atomic E-state index is -4.99. The van der Waals surface area contributed by atoms with Crippen LogP contribution in [0, 0.1) is 6.42 Å². The predicted molar refractivity (Wildman–Crippen MR) is 116 cm³/mol. The molecule has 1 N–H and O–H groups in total. The zero-order valence-electron chi connectivity index (χ0n) is 17.7. The molecular weight excluding hydrogens is 537 g/mol. The van der Waals surface area contributed by atoms with E-state index >= 15 is 0 Å². The van der Waals surface area contributed by atoms with E-state index in [0.29, 0.717) is 22.7 Å². The molecule has 4 aromatic rings. The van der Waals surface area contributed by atoms with Gasteiger partial charge in [0.25, 0.3) is 0 Å². The van der Waals surface area contributed by atoms with Crippen molar-refractivity contribution in [3.05, 3.63) is 92.7 Å². The topological polar surface area (TPSA) is 77.0 Å². The molecule has 0 aliphatic heterocycles. The number of aliphatic hydroxyl groups is 1. The lowest BCUT2D eigenvalue weighted by Crippen LogP contribution is -2.13. The van der Waals surface area contributed by atoms with Crippen LogP contribution in [0.3, 0.4) is 0 Å². The van der Waals surface area contributed by atoms with Crippen LogP contribution in [0.25, 0.3) is 11.3 Å². The van der Waals surface area contributed by atoms with Gasteiger partial charge in [-0.1, -0.05) is 45.7 Å². The van der Waals surface area contributed by atoms with Gasteiger partial charge in [-0.15, -0.1) is 5.10 Å². The van der Waals surface area contributed by atoms with Crippen molar-refractivity contribution in [3.8, 4) is 11.3 Å². The summed E-state index contributed by atoms with van der Waals surface area (Å²) in [5, 5.41) is 21.2. The van der Waals surface area contributed by atoms with Crippen LogP contribution in [-0.4, -0.2) is 25.3 Å². The molecule has 36 heavy (non-hydrogen) atoms. The van der Waals surface area contributed by atoms with Gasteiger partial charge in [0.1, 0.15) is 11.4 Å². The van der Waals surface area contributed by atoms with E-state index in [2.05, 4.69) is 15.5 Å². The van der Waals surface area contributed by atoms with E-state index in [0.717, 1.165) is 4.68 Å². The quantitative estimate of drug-likeness (QED) is 0.281. The third kappa shape index (κ3) is 5.35. The van der Waals surface area contributed by atoms with E-state index in [1.54, 1.807) is 24.3 Å². The summed E-state index contributed by atoms with van der Waals surface area (Å²) in [5.41, 5.74) is -2.43. The first-order valence-corrected chi connectivity index (χ1v) is 10.7. The standard InChI is InChI=1S/C22H13Cl2F6N4O2/c23-16-4-2-1-3-14(16)19-15(18(10-35)32-36-19)8-17-20(24)34(33-31-17)9-11-5-12(21(25,26)27)7-13(6-11)22(28,29)30/h1-8,35H,9-10H2. The van der Waals surface area contributed by atoms with E-state index in [1.807, 2.05) is 0 Å². The summed E-state index contributed by atoms with van der Waals surface area (Å²) < 4.78 is 85.3. The molecule has 0 saturated heterocycles. The predicted octanol–water partition coefficient (Wildman–Crippen LogP) is 6.42. The lowest BCUT2D eigenvalue weighted by molar-refractivity contribution is -0.143. The number of nitrogens with zero attached hydrogens (tertiary/aromatic N) is 4. The van der Waals surface area contributed by atoms with Crippen molar-refractivity contribution in [3.63, 3.8) is 0 Å². The first-order chi connectivity index (χ1) is 16.9. The fourth-order valence-corrected chi connectivity index (χ4v) is 3.76. The van der Waals surface area contributed by atoms with Crippen LogP contribution in [0.15, 0.2) is 47.0 Å². The Balaban J connectivity index is 1.68. The molecule has 0 aliphatic carbocycles. The molecule has 2 heterocycles. The van der Waals surface area contributed by atoms with Gasteiger partial charge >= 0.3 is 12.4 Å². The van der Waals surface area contributed by atoms with Crippen LogP contribution in [0.1, 0.15) is 33.6 Å². The maximum Gasteiger partial charge on any atom is 0.416 e. The SMILES string of the molecule is OCc1noc(-c2ccccc2Cl)c1[CH]c1nnn(Cc2cc(C(F)(F)F)cc(C(F)(F)F)c2)c1Cl. The molecule has 4 rings (SSSR count). The van der Waals surface area contributed by atoms with Gasteiger partial charge in [-0.3, -0.25) is 0 Å². The van der Waals surface area contributed by atoms with Gasteiger partial charge < -0.3 is 9.63 Å². The molecule has 0 bridgehead atoms. The summed E-state index contributed by atoms with van der Waals surface area (Å²) in [7, 11) is 0. The van der Waals surface area contributed by atoms with Crippen molar-refractivity contribution in [2.45, 2.75) is 25.5 Å². The average molecular weight is 550 g/mol. The van der Waals surface area contributed by atoms with Gasteiger partial charge in [0.2, 0.25) is 0 Å². The number of hydrogen-bond acceptors (Lipinski definition) is 5. The number of rotatable bonds is 6. The van der Waals surface area contributed by atoms with E-state index in [9.17, 15) is 31.4 Å². The molecule has 6 nitrogen and oxygen atoms in total. The van der Waals surface area contributed by atoms with Gasteiger partial charge in [0.05, 0.1) is 35.7 Å². The van der Waals surface area contributed by atoms with Crippen molar-refractivity contribution in [2.24, 2.45) is 0 Å². The van der Waals surface area contributed by atoms with E-state index < -0.39 is 36.6 Å². The molecule has 2 aromatic carbocycles. The number of aromatic nitrogens is 4. The maximum atomic E-state index is 13.2. The van der Waals surface area contributed by atoms with Gasteiger partial charge in [0, 0.05) is 11.1 Å². The lowest BCUT2D eigenvalue weighted by Gasteiger charge is -2.14. The van der Waals surface area contributed by atoms with E-state index in [-0.39, 0.29) is 39.5 Å². The molecule has 1 radical (unpaired) electrons. The van der Waals surface area contributed by atoms with Crippen molar-refractivity contribution in [1.29, 1.82) is 0 Å². The van der Waals surface area contributed by atoms with Crippen molar-refractivity contribution < 1.29 is 36.0 Å². The highest BCUT2D eigenvalue weighted by Crippen LogP contribution is 2.37. The van der Waals surface area contributed by atoms with Crippen LogP contribution in [0.5, 0.6) is 0 Å². The molecule has 0 amide bonds. The van der Waals surface area contributed by atoms with Crippen LogP contribution in [0.4, 0.5) is 26.3 Å². The second kappa shape index (κ2) is 9.75. The van der Waals surface area contributed by atoms with Crippen molar-refractivity contribution in [1.82, 2.24) is 20.2 Å². The monoisotopic (exact) mass is 549 g/mol. The zero-order valence-corrected chi connectivity index (χ0v) is 19.2. The molecule has 2 aromatic heterocycles. The first kappa shape index (κ1) is 26.0. The number of aliphatic hydroxyl groups excluding tert-OH is 1. The van der Waals surface area contributed by atoms with Gasteiger partial charge in [-0.05, 0) is 35.9 Å². The highest BCUT2D eigenvalue weighted by molar-refractivity contribution is 6.33.